The van der Waals surface area contributed by atoms with E-state index < -0.39 is 0 Å². The molecular weight excluding hydrogens is 238 g/mol. The van der Waals surface area contributed by atoms with E-state index in [0.29, 0.717) is 11.5 Å². The number of nitriles is 1. The summed E-state index contributed by atoms with van der Waals surface area (Å²) >= 11 is 0. The number of pyridine rings is 1. The highest BCUT2D eigenvalue weighted by Gasteiger charge is 2.29. The third kappa shape index (κ3) is 2.19. The maximum Gasteiger partial charge on any atom is 0.146 e. The van der Waals surface area contributed by atoms with Gasteiger partial charge in [-0.1, -0.05) is 0 Å². The lowest BCUT2D eigenvalue weighted by Crippen LogP contribution is -2.25. The Bertz CT molecular complexity index is 533. The fraction of sp³-hybridized carbons (Fsp3) is 0.600. The summed E-state index contributed by atoms with van der Waals surface area (Å²) in [5.41, 5.74) is 3.09. The molecule has 0 saturated carbocycles. The van der Waals surface area contributed by atoms with Crippen LogP contribution in [0.15, 0.2) is 6.07 Å². The lowest BCUT2D eigenvalue weighted by Gasteiger charge is -2.20. The maximum absolute atomic E-state index is 9.69. The number of fused-ring (bicyclic) bond motifs is 1. The number of aryl methyl sites for hydroxylation is 2. The molecule has 1 aromatic heterocycles. The molecule has 4 nitrogen and oxygen atoms in total. The molecule has 3 rings (SSSR count). The minimum atomic E-state index is -0.287. The van der Waals surface area contributed by atoms with Crippen LogP contribution >= 0.6 is 0 Å². The van der Waals surface area contributed by atoms with Gasteiger partial charge in [0.05, 0.1) is 11.7 Å². The van der Waals surface area contributed by atoms with Gasteiger partial charge in [0, 0.05) is 24.7 Å². The van der Waals surface area contributed by atoms with Gasteiger partial charge in [0.2, 0.25) is 0 Å². The lowest BCUT2D eigenvalue weighted by molar-refractivity contribution is 0.136. The Morgan fingerprint density at radius 3 is 3.05 bits per heavy atom. The molecule has 1 aromatic rings. The number of hydrogen-bond donors (Lipinski definition) is 1. The Kier molecular flexibility index (Phi) is 3.16. The normalized spacial score (nSPS) is 23.2. The quantitative estimate of drug-likeness (QED) is 0.875. The Balaban J connectivity index is 1.91. The molecule has 19 heavy (non-hydrogen) atoms. The molecule has 0 bridgehead atoms. The first-order valence-electron chi connectivity index (χ1n) is 7.05. The van der Waals surface area contributed by atoms with Crippen molar-refractivity contribution in [3.05, 3.63) is 22.9 Å². The summed E-state index contributed by atoms with van der Waals surface area (Å²) in [6.45, 7) is 3.53. The molecule has 2 atom stereocenters. The molecule has 2 unspecified atom stereocenters. The first-order chi connectivity index (χ1) is 9.19. The summed E-state index contributed by atoms with van der Waals surface area (Å²) in [6, 6.07) is 4.29. The van der Waals surface area contributed by atoms with Crippen molar-refractivity contribution in [2.24, 2.45) is 5.92 Å². The van der Waals surface area contributed by atoms with Crippen molar-refractivity contribution in [1.82, 2.24) is 4.98 Å². The van der Waals surface area contributed by atoms with Crippen molar-refractivity contribution in [3.63, 3.8) is 0 Å². The van der Waals surface area contributed by atoms with Crippen molar-refractivity contribution >= 4 is 5.82 Å². The zero-order chi connectivity index (χ0) is 13.4. The van der Waals surface area contributed by atoms with Crippen LogP contribution in [0.25, 0.3) is 0 Å². The van der Waals surface area contributed by atoms with Crippen molar-refractivity contribution < 1.29 is 5.11 Å². The average Bonchev–Trinajstić information content (AvgIpc) is 3.05. The first kappa shape index (κ1) is 12.4. The highest BCUT2D eigenvalue weighted by Crippen LogP contribution is 2.30. The van der Waals surface area contributed by atoms with Crippen LogP contribution in [0.3, 0.4) is 0 Å². The number of nitrogens with zero attached hydrogens (tertiary/aromatic N) is 3. The van der Waals surface area contributed by atoms with Gasteiger partial charge in [0.15, 0.2) is 0 Å². The van der Waals surface area contributed by atoms with E-state index in [1.165, 1.54) is 5.56 Å². The van der Waals surface area contributed by atoms with Crippen molar-refractivity contribution in [2.45, 2.75) is 38.7 Å². The summed E-state index contributed by atoms with van der Waals surface area (Å²) in [7, 11) is 0. The van der Waals surface area contributed by atoms with E-state index >= 15 is 0 Å². The van der Waals surface area contributed by atoms with Gasteiger partial charge in [-0.3, -0.25) is 0 Å². The average molecular weight is 257 g/mol. The second-order valence-corrected chi connectivity index (χ2v) is 5.67. The molecule has 1 aliphatic carbocycles. The number of aromatic nitrogens is 1. The second-order valence-electron chi connectivity index (χ2n) is 5.67. The molecule has 0 spiro atoms. The van der Waals surface area contributed by atoms with E-state index in [1.54, 1.807) is 0 Å². The Hall–Kier alpha value is -1.60. The van der Waals surface area contributed by atoms with Gasteiger partial charge < -0.3 is 10.0 Å². The third-order valence-corrected chi connectivity index (χ3v) is 4.36. The van der Waals surface area contributed by atoms with Crippen LogP contribution in [-0.4, -0.2) is 29.3 Å². The van der Waals surface area contributed by atoms with E-state index in [2.05, 4.69) is 11.0 Å². The van der Waals surface area contributed by atoms with Crippen LogP contribution in [-0.2, 0) is 12.8 Å². The molecule has 2 heterocycles. The fourth-order valence-corrected chi connectivity index (χ4v) is 3.16. The van der Waals surface area contributed by atoms with Gasteiger partial charge in [0.25, 0.3) is 0 Å². The van der Waals surface area contributed by atoms with Crippen molar-refractivity contribution in [3.8, 4) is 6.07 Å². The molecule has 1 fully saturated rings. The minimum absolute atomic E-state index is 0.287. The van der Waals surface area contributed by atoms with E-state index in [9.17, 15) is 10.4 Å². The van der Waals surface area contributed by atoms with Crippen LogP contribution in [0.4, 0.5) is 5.82 Å². The van der Waals surface area contributed by atoms with Crippen LogP contribution in [0.5, 0.6) is 0 Å². The van der Waals surface area contributed by atoms with Crippen molar-refractivity contribution in [2.75, 3.05) is 18.0 Å². The summed E-state index contributed by atoms with van der Waals surface area (Å²) < 4.78 is 0. The summed E-state index contributed by atoms with van der Waals surface area (Å²) in [4.78, 5) is 6.88. The van der Waals surface area contributed by atoms with Crippen LogP contribution in [0.1, 0.15) is 36.6 Å². The highest BCUT2D eigenvalue weighted by molar-refractivity contribution is 5.57. The van der Waals surface area contributed by atoms with Crippen LogP contribution in [0, 0.1) is 17.2 Å². The topological polar surface area (TPSA) is 60.1 Å². The molecule has 0 aromatic carbocycles. The monoisotopic (exact) mass is 257 g/mol. The first-order valence-corrected chi connectivity index (χ1v) is 7.05. The van der Waals surface area contributed by atoms with E-state index in [0.717, 1.165) is 50.3 Å². The summed E-state index contributed by atoms with van der Waals surface area (Å²) in [5, 5.41) is 19.0. The van der Waals surface area contributed by atoms with Gasteiger partial charge in [-0.2, -0.15) is 5.26 Å². The minimum Gasteiger partial charge on any atom is -0.393 e. The van der Waals surface area contributed by atoms with E-state index in [1.807, 2.05) is 13.0 Å². The summed E-state index contributed by atoms with van der Waals surface area (Å²) in [6.07, 6.45) is 3.91. The largest absolute Gasteiger partial charge is 0.393 e. The second kappa shape index (κ2) is 4.82. The third-order valence-electron chi connectivity index (χ3n) is 4.36. The Morgan fingerprint density at radius 1 is 1.53 bits per heavy atom. The fourth-order valence-electron chi connectivity index (χ4n) is 3.16. The van der Waals surface area contributed by atoms with Gasteiger partial charge in [0.1, 0.15) is 11.9 Å². The standard InChI is InChI=1S/C15H19N3O/c1-10(19)12-5-6-18(9-12)15-13(8-16)7-11-3-2-4-14(11)17-15/h7,10,12,19H,2-6,9H2,1H3. The molecule has 1 aliphatic heterocycles. The smallest absolute Gasteiger partial charge is 0.146 e. The van der Waals surface area contributed by atoms with Gasteiger partial charge in [-0.15, -0.1) is 0 Å². The van der Waals surface area contributed by atoms with Crippen LogP contribution in [0.2, 0.25) is 0 Å². The zero-order valence-corrected chi connectivity index (χ0v) is 11.3. The molecule has 0 amide bonds. The predicted octanol–water partition coefficient (Wildman–Crippen LogP) is 1.65. The molecule has 4 heteroatoms. The Morgan fingerprint density at radius 2 is 2.37 bits per heavy atom. The molecule has 1 saturated heterocycles. The van der Waals surface area contributed by atoms with Gasteiger partial charge in [-0.05, 0) is 44.2 Å². The van der Waals surface area contributed by atoms with E-state index in [-0.39, 0.29) is 6.10 Å². The lowest BCUT2D eigenvalue weighted by atomic mass is 10.0. The Labute approximate surface area is 113 Å². The van der Waals surface area contributed by atoms with Gasteiger partial charge >= 0.3 is 0 Å². The predicted molar refractivity (Wildman–Crippen MR) is 73.0 cm³/mol. The maximum atomic E-state index is 9.69. The molecular formula is C15H19N3O. The SMILES string of the molecule is CC(O)C1CCN(c2nc3c(cc2C#N)CCC3)C1. The number of hydrogen-bond acceptors (Lipinski definition) is 4. The van der Waals surface area contributed by atoms with Crippen LogP contribution < -0.4 is 4.90 Å². The number of aliphatic hydroxyl groups is 1. The molecule has 100 valence electrons. The van der Waals surface area contributed by atoms with Gasteiger partial charge in [-0.25, -0.2) is 4.98 Å². The number of anilines is 1. The molecule has 0 radical (unpaired) electrons. The molecule has 1 N–H and O–H groups in total. The highest BCUT2D eigenvalue weighted by atomic mass is 16.3. The number of aliphatic hydroxyl groups excluding tert-OH is 1. The van der Waals surface area contributed by atoms with Crippen molar-refractivity contribution in [1.29, 1.82) is 5.26 Å². The zero-order valence-electron chi connectivity index (χ0n) is 11.3. The number of rotatable bonds is 2. The molecule has 2 aliphatic rings. The van der Waals surface area contributed by atoms with E-state index in [4.69, 9.17) is 4.98 Å². The summed E-state index contributed by atoms with van der Waals surface area (Å²) in [5.74, 6) is 1.12.